The van der Waals surface area contributed by atoms with E-state index in [0.29, 0.717) is 23.7 Å². The molecule has 0 aromatic heterocycles. The van der Waals surface area contributed by atoms with Gasteiger partial charge in [0.15, 0.2) is 5.75 Å². The van der Waals surface area contributed by atoms with Crippen LogP contribution in [0.4, 0.5) is 11.4 Å². The first-order valence-electron chi connectivity index (χ1n) is 7.15. The lowest BCUT2D eigenvalue weighted by molar-refractivity contribution is 0.309. The molecule has 3 aromatic rings. The molecule has 0 aliphatic heterocycles. The fraction of sp³-hybridized carbons (Fsp3) is 0.0526. The molecule has 110 valence electrons. The minimum Gasteiger partial charge on any atom is -0.486 e. The van der Waals surface area contributed by atoms with E-state index in [0.717, 1.165) is 16.7 Å². The van der Waals surface area contributed by atoms with Gasteiger partial charge in [-0.1, -0.05) is 54.6 Å². The second kappa shape index (κ2) is 6.22. The van der Waals surface area contributed by atoms with Crippen molar-refractivity contribution < 1.29 is 4.74 Å². The van der Waals surface area contributed by atoms with Crippen LogP contribution in [0.1, 0.15) is 5.56 Å². The van der Waals surface area contributed by atoms with Crippen molar-refractivity contribution in [3.63, 3.8) is 0 Å². The average molecular weight is 290 g/mol. The van der Waals surface area contributed by atoms with E-state index in [1.54, 1.807) is 0 Å². The molecular weight excluding hydrogens is 272 g/mol. The first-order valence-corrected chi connectivity index (χ1v) is 7.15. The fourth-order valence-electron chi connectivity index (χ4n) is 2.38. The lowest BCUT2D eigenvalue weighted by Crippen LogP contribution is -2.00. The fourth-order valence-corrected chi connectivity index (χ4v) is 2.38. The minimum absolute atomic E-state index is 0.477. The molecular formula is C19H18N2O. The van der Waals surface area contributed by atoms with Gasteiger partial charge in [0.05, 0.1) is 5.69 Å². The molecule has 0 atom stereocenters. The van der Waals surface area contributed by atoms with E-state index in [-0.39, 0.29) is 0 Å². The van der Waals surface area contributed by atoms with Gasteiger partial charge in [-0.3, -0.25) is 0 Å². The van der Waals surface area contributed by atoms with Crippen molar-refractivity contribution >= 4 is 11.4 Å². The van der Waals surface area contributed by atoms with Crippen LogP contribution in [0, 0.1) is 0 Å². The SMILES string of the molecule is Nc1cccc(-c2cccc(N)c2OCc2ccccc2)c1. The van der Waals surface area contributed by atoms with Gasteiger partial charge in [-0.25, -0.2) is 0 Å². The van der Waals surface area contributed by atoms with Crippen LogP contribution in [-0.4, -0.2) is 0 Å². The lowest BCUT2D eigenvalue weighted by Gasteiger charge is -2.14. The van der Waals surface area contributed by atoms with Crippen molar-refractivity contribution in [3.8, 4) is 16.9 Å². The number of anilines is 2. The summed E-state index contributed by atoms with van der Waals surface area (Å²) in [6.45, 7) is 0.477. The summed E-state index contributed by atoms with van der Waals surface area (Å²) in [7, 11) is 0. The molecule has 3 rings (SSSR count). The molecule has 0 heterocycles. The van der Waals surface area contributed by atoms with Gasteiger partial charge < -0.3 is 16.2 Å². The number of ether oxygens (including phenoxy) is 1. The van der Waals surface area contributed by atoms with E-state index in [9.17, 15) is 0 Å². The third kappa shape index (κ3) is 3.04. The van der Waals surface area contributed by atoms with Gasteiger partial charge in [-0.15, -0.1) is 0 Å². The number of nitrogens with two attached hydrogens (primary N) is 2. The Morgan fingerprint density at radius 3 is 2.32 bits per heavy atom. The van der Waals surface area contributed by atoms with E-state index in [4.69, 9.17) is 16.2 Å². The van der Waals surface area contributed by atoms with Crippen molar-refractivity contribution in [2.75, 3.05) is 11.5 Å². The van der Waals surface area contributed by atoms with Crippen molar-refractivity contribution in [2.24, 2.45) is 0 Å². The van der Waals surface area contributed by atoms with Crippen LogP contribution >= 0.6 is 0 Å². The zero-order chi connectivity index (χ0) is 15.4. The Hall–Kier alpha value is -2.94. The Morgan fingerprint density at radius 2 is 1.55 bits per heavy atom. The molecule has 0 bridgehead atoms. The predicted octanol–water partition coefficient (Wildman–Crippen LogP) is 4.10. The monoisotopic (exact) mass is 290 g/mol. The zero-order valence-electron chi connectivity index (χ0n) is 12.2. The lowest BCUT2D eigenvalue weighted by atomic mass is 10.0. The number of hydrogen-bond acceptors (Lipinski definition) is 3. The maximum atomic E-state index is 6.10. The summed E-state index contributed by atoms with van der Waals surface area (Å²) >= 11 is 0. The van der Waals surface area contributed by atoms with Crippen LogP contribution in [0.25, 0.3) is 11.1 Å². The van der Waals surface area contributed by atoms with E-state index in [1.807, 2.05) is 72.8 Å². The highest BCUT2D eigenvalue weighted by Gasteiger charge is 2.10. The molecule has 0 saturated carbocycles. The Kier molecular flexibility index (Phi) is 3.97. The molecule has 0 aliphatic rings. The highest BCUT2D eigenvalue weighted by atomic mass is 16.5. The van der Waals surface area contributed by atoms with Crippen LogP contribution in [0.2, 0.25) is 0 Å². The number of hydrogen-bond donors (Lipinski definition) is 2. The van der Waals surface area contributed by atoms with Crippen LogP contribution in [0.15, 0.2) is 72.8 Å². The van der Waals surface area contributed by atoms with Gasteiger partial charge in [0.1, 0.15) is 6.61 Å². The highest BCUT2D eigenvalue weighted by Crippen LogP contribution is 2.36. The molecule has 0 fully saturated rings. The summed E-state index contributed by atoms with van der Waals surface area (Å²) in [5.74, 6) is 0.692. The Balaban J connectivity index is 1.93. The molecule has 3 aromatic carbocycles. The standard InChI is InChI=1S/C19H18N2O/c20-16-9-4-8-15(12-16)17-10-5-11-18(21)19(17)22-13-14-6-2-1-3-7-14/h1-12H,13,20-21H2. The predicted molar refractivity (Wildman–Crippen MR) is 91.5 cm³/mol. The van der Waals surface area contributed by atoms with Crippen molar-refractivity contribution in [1.82, 2.24) is 0 Å². The number of benzene rings is 3. The maximum absolute atomic E-state index is 6.10. The van der Waals surface area contributed by atoms with Crippen molar-refractivity contribution in [3.05, 3.63) is 78.4 Å². The molecule has 0 amide bonds. The molecule has 3 heteroatoms. The molecule has 3 nitrogen and oxygen atoms in total. The van der Waals surface area contributed by atoms with Crippen molar-refractivity contribution in [2.45, 2.75) is 6.61 Å². The molecule has 0 saturated heterocycles. The summed E-state index contributed by atoms with van der Waals surface area (Å²) in [5.41, 5.74) is 16.4. The van der Waals surface area contributed by atoms with E-state index >= 15 is 0 Å². The largest absolute Gasteiger partial charge is 0.486 e. The van der Waals surface area contributed by atoms with Crippen LogP contribution in [0.3, 0.4) is 0 Å². The topological polar surface area (TPSA) is 61.3 Å². The second-order valence-corrected chi connectivity index (χ2v) is 5.12. The minimum atomic E-state index is 0.477. The van der Waals surface area contributed by atoms with Gasteiger partial charge in [0.2, 0.25) is 0 Å². The Morgan fingerprint density at radius 1 is 0.773 bits per heavy atom. The first kappa shape index (κ1) is 14.0. The highest BCUT2D eigenvalue weighted by molar-refractivity contribution is 5.78. The van der Waals surface area contributed by atoms with Gasteiger partial charge in [-0.05, 0) is 29.3 Å². The van der Waals surface area contributed by atoms with Gasteiger partial charge >= 0.3 is 0 Å². The van der Waals surface area contributed by atoms with E-state index in [1.165, 1.54) is 0 Å². The van der Waals surface area contributed by atoms with Gasteiger partial charge in [0, 0.05) is 11.3 Å². The Labute approximate surface area is 130 Å². The maximum Gasteiger partial charge on any atom is 0.150 e. The first-order chi connectivity index (χ1) is 10.7. The third-order valence-electron chi connectivity index (χ3n) is 3.47. The summed E-state index contributed by atoms with van der Waals surface area (Å²) < 4.78 is 5.98. The van der Waals surface area contributed by atoms with Crippen LogP contribution < -0.4 is 16.2 Å². The second-order valence-electron chi connectivity index (χ2n) is 5.12. The number of para-hydroxylation sites is 1. The smallest absolute Gasteiger partial charge is 0.150 e. The molecule has 22 heavy (non-hydrogen) atoms. The van der Waals surface area contributed by atoms with Crippen LogP contribution in [-0.2, 0) is 6.61 Å². The number of rotatable bonds is 4. The third-order valence-corrected chi connectivity index (χ3v) is 3.47. The molecule has 0 aliphatic carbocycles. The molecule has 0 spiro atoms. The number of nitrogen functional groups attached to an aromatic ring is 2. The summed E-state index contributed by atoms with van der Waals surface area (Å²) in [6, 6.07) is 23.5. The average Bonchev–Trinajstić information content (AvgIpc) is 2.54. The van der Waals surface area contributed by atoms with Crippen LogP contribution in [0.5, 0.6) is 5.75 Å². The normalized spacial score (nSPS) is 10.4. The Bertz CT molecular complexity index is 769. The summed E-state index contributed by atoms with van der Waals surface area (Å²) in [4.78, 5) is 0. The zero-order valence-corrected chi connectivity index (χ0v) is 12.2. The molecule has 4 N–H and O–H groups in total. The summed E-state index contributed by atoms with van der Waals surface area (Å²) in [6.07, 6.45) is 0. The molecule has 0 radical (unpaired) electrons. The van der Waals surface area contributed by atoms with Crippen molar-refractivity contribution in [1.29, 1.82) is 0 Å². The summed E-state index contributed by atoms with van der Waals surface area (Å²) in [5, 5.41) is 0. The quantitative estimate of drug-likeness (QED) is 0.711. The van der Waals surface area contributed by atoms with Gasteiger partial charge in [0.25, 0.3) is 0 Å². The van der Waals surface area contributed by atoms with E-state index in [2.05, 4.69) is 0 Å². The van der Waals surface area contributed by atoms with Gasteiger partial charge in [-0.2, -0.15) is 0 Å². The van der Waals surface area contributed by atoms with E-state index < -0.39 is 0 Å². The molecule has 0 unspecified atom stereocenters.